The van der Waals surface area contributed by atoms with Crippen LogP contribution in [0.2, 0.25) is 5.02 Å². The maximum absolute atomic E-state index is 13.2. The highest BCUT2D eigenvalue weighted by Gasteiger charge is 2.42. The Morgan fingerprint density at radius 1 is 1.13 bits per heavy atom. The molecule has 0 radical (unpaired) electrons. The van der Waals surface area contributed by atoms with Gasteiger partial charge in [0.05, 0.1) is 11.6 Å². The molecule has 1 aliphatic heterocycles. The van der Waals surface area contributed by atoms with E-state index in [-0.39, 0.29) is 29.1 Å². The number of halogens is 1. The van der Waals surface area contributed by atoms with Crippen LogP contribution >= 0.6 is 11.6 Å². The summed E-state index contributed by atoms with van der Waals surface area (Å²) in [5, 5.41) is 9.87. The third-order valence-electron chi connectivity index (χ3n) is 6.77. The topological polar surface area (TPSA) is 60.9 Å². The third-order valence-corrected chi connectivity index (χ3v) is 7.00. The lowest BCUT2D eigenvalue weighted by molar-refractivity contribution is 0.0697. The molecule has 30 heavy (non-hydrogen) atoms. The van der Waals surface area contributed by atoms with Gasteiger partial charge in [-0.3, -0.25) is 4.90 Å². The summed E-state index contributed by atoms with van der Waals surface area (Å²) in [6.07, 6.45) is 3.97. The molecule has 1 aliphatic carbocycles. The summed E-state index contributed by atoms with van der Waals surface area (Å²) in [4.78, 5) is 28.1. The molecular weight excluding hydrogens is 400 g/mol. The van der Waals surface area contributed by atoms with Gasteiger partial charge in [-0.15, -0.1) is 0 Å². The minimum Gasteiger partial charge on any atom is -0.478 e. The molecule has 2 aromatic carbocycles. The van der Waals surface area contributed by atoms with Gasteiger partial charge >= 0.3 is 12.0 Å². The molecule has 2 aromatic rings. The van der Waals surface area contributed by atoms with Crippen molar-refractivity contribution < 1.29 is 14.7 Å². The number of rotatable bonds is 4. The number of nitrogens with zero attached hydrogens (tertiary/aromatic N) is 2. The number of carbonyl (C=O) groups is 2. The first-order valence-corrected chi connectivity index (χ1v) is 10.9. The molecule has 5 nitrogen and oxygen atoms in total. The Balaban J connectivity index is 1.46. The largest absolute Gasteiger partial charge is 0.478 e. The first-order valence-electron chi connectivity index (χ1n) is 10.5. The van der Waals surface area contributed by atoms with E-state index in [0.29, 0.717) is 6.54 Å². The number of aromatic carboxylic acids is 1. The predicted molar refractivity (Wildman–Crippen MR) is 119 cm³/mol. The molecule has 0 spiro atoms. The summed E-state index contributed by atoms with van der Waals surface area (Å²) in [5.41, 5.74) is 2.33. The molecule has 2 fully saturated rings. The van der Waals surface area contributed by atoms with Crippen LogP contribution in [0.1, 0.15) is 55.5 Å². The average molecular weight is 427 g/mol. The number of hydrogen-bond acceptors (Lipinski definition) is 2. The van der Waals surface area contributed by atoms with Crippen molar-refractivity contribution in [3.8, 4) is 0 Å². The van der Waals surface area contributed by atoms with Crippen molar-refractivity contribution in [1.82, 2.24) is 4.90 Å². The molecule has 1 heterocycles. The Morgan fingerprint density at radius 2 is 1.80 bits per heavy atom. The molecule has 0 unspecified atom stereocenters. The van der Waals surface area contributed by atoms with E-state index in [9.17, 15) is 9.59 Å². The lowest BCUT2D eigenvalue weighted by Gasteiger charge is -2.41. The molecular formula is C24H27ClN2O3. The monoisotopic (exact) mass is 426 g/mol. The van der Waals surface area contributed by atoms with Crippen molar-refractivity contribution in [2.24, 2.45) is 0 Å². The fourth-order valence-corrected chi connectivity index (χ4v) is 5.10. The zero-order valence-corrected chi connectivity index (χ0v) is 18.1. The number of anilines is 1. The summed E-state index contributed by atoms with van der Waals surface area (Å²) >= 11 is 6.20. The molecule has 1 saturated carbocycles. The SMILES string of the molecule is C[C@H]1CN(C2CCC(C)(c3cccc(Cl)c3)CC2)C(=O)N1c1ccc(C(=O)O)cc1. The van der Waals surface area contributed by atoms with Crippen LogP contribution in [0.15, 0.2) is 48.5 Å². The highest BCUT2D eigenvalue weighted by molar-refractivity contribution is 6.30. The molecule has 0 aromatic heterocycles. The smallest absolute Gasteiger partial charge is 0.335 e. The minimum atomic E-state index is -0.964. The predicted octanol–water partition coefficient (Wildman–Crippen LogP) is 5.57. The number of benzene rings is 2. The fraction of sp³-hybridized carbons (Fsp3) is 0.417. The number of carboxylic acids is 1. The Morgan fingerprint density at radius 3 is 2.40 bits per heavy atom. The van der Waals surface area contributed by atoms with Crippen molar-refractivity contribution in [1.29, 1.82) is 0 Å². The number of amides is 2. The van der Waals surface area contributed by atoms with E-state index in [1.807, 2.05) is 24.0 Å². The zero-order valence-electron chi connectivity index (χ0n) is 17.3. The van der Waals surface area contributed by atoms with Gasteiger partial charge in [0.2, 0.25) is 0 Å². The summed E-state index contributed by atoms with van der Waals surface area (Å²) in [6.45, 7) is 5.03. The van der Waals surface area contributed by atoms with E-state index in [1.54, 1.807) is 29.2 Å². The first kappa shape index (κ1) is 20.7. The Labute approximate surface area is 182 Å². The highest BCUT2D eigenvalue weighted by atomic mass is 35.5. The van der Waals surface area contributed by atoms with Crippen molar-refractivity contribution in [2.45, 2.75) is 57.0 Å². The van der Waals surface area contributed by atoms with Gasteiger partial charge in [-0.1, -0.05) is 30.7 Å². The van der Waals surface area contributed by atoms with Crippen LogP contribution in [-0.4, -0.2) is 40.6 Å². The van der Waals surface area contributed by atoms with E-state index < -0.39 is 5.97 Å². The molecule has 158 valence electrons. The van der Waals surface area contributed by atoms with Gasteiger partial charge in [0, 0.05) is 23.3 Å². The molecule has 1 saturated heterocycles. The normalized spacial score (nSPS) is 26.8. The molecule has 4 rings (SSSR count). The first-order chi connectivity index (χ1) is 14.3. The van der Waals surface area contributed by atoms with E-state index in [1.165, 1.54) is 5.56 Å². The van der Waals surface area contributed by atoms with Crippen LogP contribution in [0.5, 0.6) is 0 Å². The number of hydrogen-bond donors (Lipinski definition) is 1. The van der Waals surface area contributed by atoms with Gasteiger partial charge in [0.1, 0.15) is 0 Å². The summed E-state index contributed by atoms with van der Waals surface area (Å²) in [6, 6.07) is 15.0. The van der Waals surface area contributed by atoms with Crippen molar-refractivity contribution in [2.75, 3.05) is 11.4 Å². The minimum absolute atomic E-state index is 0.0157. The quantitative estimate of drug-likeness (QED) is 0.695. The molecule has 6 heteroatoms. The maximum atomic E-state index is 13.2. The van der Waals surface area contributed by atoms with Crippen LogP contribution in [0.3, 0.4) is 0 Å². The van der Waals surface area contributed by atoms with Crippen LogP contribution in [0, 0.1) is 0 Å². The van der Waals surface area contributed by atoms with Gasteiger partial charge in [-0.05, 0) is 80.0 Å². The summed E-state index contributed by atoms with van der Waals surface area (Å²) in [5.74, 6) is -0.964. The van der Waals surface area contributed by atoms with Crippen molar-refractivity contribution in [3.05, 3.63) is 64.7 Å². The third kappa shape index (κ3) is 3.79. The second-order valence-corrected chi connectivity index (χ2v) is 9.24. The van der Waals surface area contributed by atoms with Crippen LogP contribution < -0.4 is 4.90 Å². The average Bonchev–Trinajstić information content (AvgIpc) is 3.02. The van der Waals surface area contributed by atoms with Gasteiger partial charge in [-0.2, -0.15) is 0 Å². The lowest BCUT2D eigenvalue weighted by atomic mass is 9.69. The number of carboxylic acid groups (broad SMARTS) is 1. The molecule has 0 bridgehead atoms. The van der Waals surface area contributed by atoms with E-state index in [4.69, 9.17) is 16.7 Å². The number of carbonyl (C=O) groups excluding carboxylic acids is 1. The molecule has 1 N–H and O–H groups in total. The van der Waals surface area contributed by atoms with Crippen LogP contribution in [-0.2, 0) is 5.41 Å². The fourth-order valence-electron chi connectivity index (χ4n) is 4.91. The van der Waals surface area contributed by atoms with Crippen molar-refractivity contribution >= 4 is 29.3 Å². The van der Waals surface area contributed by atoms with E-state index in [0.717, 1.165) is 36.4 Å². The Kier molecular flexibility index (Phi) is 5.49. The van der Waals surface area contributed by atoms with Crippen LogP contribution in [0.25, 0.3) is 0 Å². The lowest BCUT2D eigenvalue weighted by Crippen LogP contribution is -2.43. The molecule has 1 atom stereocenters. The molecule has 2 aliphatic rings. The number of urea groups is 1. The van der Waals surface area contributed by atoms with E-state index >= 15 is 0 Å². The van der Waals surface area contributed by atoms with Gasteiger partial charge in [0.25, 0.3) is 0 Å². The summed E-state index contributed by atoms with van der Waals surface area (Å²) in [7, 11) is 0. The maximum Gasteiger partial charge on any atom is 0.335 e. The molecule has 2 amide bonds. The van der Waals surface area contributed by atoms with Gasteiger partial charge in [0.15, 0.2) is 0 Å². The second kappa shape index (κ2) is 7.95. The van der Waals surface area contributed by atoms with Crippen LogP contribution in [0.4, 0.5) is 10.5 Å². The zero-order chi connectivity index (χ0) is 21.5. The Hall–Kier alpha value is -2.53. The Bertz CT molecular complexity index is 951. The standard InChI is InChI=1S/C24H27ClN2O3/c1-16-15-26(23(30)27(16)21-8-6-17(7-9-21)22(28)29)20-10-12-24(2,13-11-20)18-4-3-5-19(25)14-18/h3-9,14,16,20H,10-13,15H2,1-2H3,(H,28,29)/t16-,20?,24?/m0/s1. The van der Waals surface area contributed by atoms with E-state index in [2.05, 4.69) is 19.1 Å². The van der Waals surface area contributed by atoms with Crippen molar-refractivity contribution in [3.63, 3.8) is 0 Å². The van der Waals surface area contributed by atoms with Gasteiger partial charge in [-0.25, -0.2) is 9.59 Å². The van der Waals surface area contributed by atoms with Gasteiger partial charge < -0.3 is 10.0 Å². The summed E-state index contributed by atoms with van der Waals surface area (Å²) < 4.78 is 0. The second-order valence-electron chi connectivity index (χ2n) is 8.81. The highest BCUT2D eigenvalue weighted by Crippen LogP contribution is 2.42.